The Kier molecular flexibility index (Phi) is 6.16. The molecule has 2 unspecified atom stereocenters. The fraction of sp³-hybridized carbons (Fsp3) is 0.391. The Morgan fingerprint density at radius 1 is 1.00 bits per heavy atom. The van der Waals surface area contributed by atoms with Crippen LogP contribution in [0.4, 0.5) is 5.69 Å². The first-order valence-electron chi connectivity index (χ1n) is 10.6. The number of carbonyl (C=O) groups is 4. The highest BCUT2D eigenvalue weighted by Gasteiger charge is 2.47. The lowest BCUT2D eigenvalue weighted by atomic mass is 9.81. The van der Waals surface area contributed by atoms with Gasteiger partial charge in [-0.3, -0.25) is 24.1 Å². The van der Waals surface area contributed by atoms with Crippen LogP contribution in [0.2, 0.25) is 0 Å². The van der Waals surface area contributed by atoms with Crippen molar-refractivity contribution in [2.24, 2.45) is 11.8 Å². The maximum absolute atomic E-state index is 12.5. The molecule has 2 aromatic rings. The van der Waals surface area contributed by atoms with Crippen molar-refractivity contribution in [2.75, 3.05) is 11.9 Å². The Balaban J connectivity index is 1.34. The van der Waals surface area contributed by atoms with Crippen molar-refractivity contribution >= 4 is 29.3 Å². The predicted molar refractivity (Wildman–Crippen MR) is 112 cm³/mol. The molecule has 0 spiro atoms. The van der Waals surface area contributed by atoms with Gasteiger partial charge in [-0.15, -0.1) is 0 Å². The van der Waals surface area contributed by atoms with Gasteiger partial charge in [0.05, 0.1) is 35.9 Å². The minimum Gasteiger partial charge on any atom is -0.467 e. The second-order valence-corrected chi connectivity index (χ2v) is 7.93. The lowest BCUT2D eigenvalue weighted by Gasteiger charge is -2.19. The van der Waals surface area contributed by atoms with Gasteiger partial charge in [0, 0.05) is 13.0 Å². The van der Waals surface area contributed by atoms with E-state index in [1.54, 1.807) is 36.4 Å². The number of imide groups is 1. The molecule has 0 radical (unpaired) electrons. The summed E-state index contributed by atoms with van der Waals surface area (Å²) in [7, 11) is 0. The monoisotopic (exact) mass is 423 g/mol. The summed E-state index contributed by atoms with van der Waals surface area (Å²) in [5, 5.41) is 5.48. The van der Waals surface area contributed by atoms with Gasteiger partial charge in [0.2, 0.25) is 17.7 Å². The largest absolute Gasteiger partial charge is 0.467 e. The number of rotatable bonds is 7. The molecule has 4 amide bonds. The molecular weight excluding hydrogens is 398 g/mol. The SMILES string of the molecule is O=C(CCN1C(=O)C2CCCCC2C1=O)Nc1ccccc1C(=O)NCc1ccco1. The van der Waals surface area contributed by atoms with E-state index in [9.17, 15) is 19.2 Å². The third-order valence-electron chi connectivity index (χ3n) is 5.94. The van der Waals surface area contributed by atoms with Crippen molar-refractivity contribution in [3.63, 3.8) is 0 Å². The number of benzene rings is 1. The fourth-order valence-corrected chi connectivity index (χ4v) is 4.34. The molecular formula is C23H25N3O5. The molecule has 2 aliphatic rings. The number of fused-ring (bicyclic) bond motifs is 1. The summed E-state index contributed by atoms with van der Waals surface area (Å²) in [6.07, 6.45) is 4.94. The number of hydrogen-bond acceptors (Lipinski definition) is 5. The van der Waals surface area contributed by atoms with Gasteiger partial charge >= 0.3 is 0 Å². The van der Waals surface area contributed by atoms with Crippen molar-refractivity contribution < 1.29 is 23.6 Å². The Morgan fingerprint density at radius 3 is 2.39 bits per heavy atom. The maximum Gasteiger partial charge on any atom is 0.253 e. The average Bonchev–Trinajstić information content (AvgIpc) is 3.39. The van der Waals surface area contributed by atoms with Gasteiger partial charge in [-0.2, -0.15) is 0 Å². The van der Waals surface area contributed by atoms with E-state index in [-0.39, 0.29) is 55.0 Å². The number of anilines is 1. The minimum atomic E-state index is -0.359. The first-order valence-corrected chi connectivity index (χ1v) is 10.6. The third-order valence-corrected chi connectivity index (χ3v) is 5.94. The number of amides is 4. The van der Waals surface area contributed by atoms with Gasteiger partial charge in [0.1, 0.15) is 5.76 Å². The Bertz CT molecular complexity index is 961. The van der Waals surface area contributed by atoms with E-state index in [0.29, 0.717) is 17.0 Å². The van der Waals surface area contributed by atoms with Crippen LogP contribution in [0.25, 0.3) is 0 Å². The van der Waals surface area contributed by atoms with Gasteiger partial charge < -0.3 is 15.1 Å². The summed E-state index contributed by atoms with van der Waals surface area (Å²) in [4.78, 5) is 51.4. The summed E-state index contributed by atoms with van der Waals surface area (Å²) >= 11 is 0. The number of nitrogens with one attached hydrogen (secondary N) is 2. The van der Waals surface area contributed by atoms with Crippen LogP contribution in [0.15, 0.2) is 47.1 Å². The Hall–Kier alpha value is -3.42. The molecule has 162 valence electrons. The first-order chi connectivity index (χ1) is 15.0. The van der Waals surface area contributed by atoms with E-state index in [1.165, 1.54) is 11.2 Å². The molecule has 2 heterocycles. The van der Waals surface area contributed by atoms with Crippen LogP contribution in [0.3, 0.4) is 0 Å². The zero-order chi connectivity index (χ0) is 21.8. The molecule has 2 atom stereocenters. The van der Waals surface area contributed by atoms with E-state index >= 15 is 0 Å². The number of para-hydroxylation sites is 1. The van der Waals surface area contributed by atoms with Gasteiger partial charge in [-0.05, 0) is 37.1 Å². The number of hydrogen-bond donors (Lipinski definition) is 2. The maximum atomic E-state index is 12.5. The summed E-state index contributed by atoms with van der Waals surface area (Å²) in [5.41, 5.74) is 0.693. The molecule has 1 aliphatic heterocycles. The van der Waals surface area contributed by atoms with Crippen LogP contribution in [-0.4, -0.2) is 35.1 Å². The molecule has 1 aromatic heterocycles. The Labute approximate surface area is 180 Å². The summed E-state index contributed by atoms with van der Waals surface area (Å²) < 4.78 is 5.20. The molecule has 1 saturated heterocycles. The third kappa shape index (κ3) is 4.52. The van der Waals surface area contributed by atoms with Crippen LogP contribution in [0, 0.1) is 11.8 Å². The van der Waals surface area contributed by atoms with Crippen molar-refractivity contribution in [3.8, 4) is 0 Å². The van der Waals surface area contributed by atoms with Crippen LogP contribution < -0.4 is 10.6 Å². The smallest absolute Gasteiger partial charge is 0.253 e. The molecule has 31 heavy (non-hydrogen) atoms. The Morgan fingerprint density at radius 2 is 1.71 bits per heavy atom. The molecule has 8 nitrogen and oxygen atoms in total. The highest BCUT2D eigenvalue weighted by Crippen LogP contribution is 2.38. The average molecular weight is 423 g/mol. The van der Waals surface area contributed by atoms with Gasteiger partial charge in [0.15, 0.2) is 0 Å². The number of carbonyl (C=O) groups excluding carboxylic acids is 4. The topological polar surface area (TPSA) is 109 Å². The van der Waals surface area contributed by atoms with Crippen molar-refractivity contribution in [1.29, 1.82) is 0 Å². The van der Waals surface area contributed by atoms with E-state index in [2.05, 4.69) is 10.6 Å². The van der Waals surface area contributed by atoms with Crippen molar-refractivity contribution in [2.45, 2.75) is 38.6 Å². The molecule has 1 aliphatic carbocycles. The lowest BCUT2D eigenvalue weighted by Crippen LogP contribution is -2.34. The summed E-state index contributed by atoms with van der Waals surface area (Å²) in [6, 6.07) is 10.2. The zero-order valence-corrected chi connectivity index (χ0v) is 17.1. The number of furan rings is 1. The highest BCUT2D eigenvalue weighted by molar-refractivity contribution is 6.06. The molecule has 2 fully saturated rings. The van der Waals surface area contributed by atoms with Gasteiger partial charge in [-0.1, -0.05) is 25.0 Å². The molecule has 1 aromatic carbocycles. The minimum absolute atomic E-state index is 0.0146. The normalized spacial score (nSPS) is 20.5. The summed E-state index contributed by atoms with van der Waals surface area (Å²) in [6.45, 7) is 0.291. The zero-order valence-electron chi connectivity index (χ0n) is 17.1. The van der Waals surface area contributed by atoms with E-state index in [0.717, 1.165) is 25.7 Å². The fourth-order valence-electron chi connectivity index (χ4n) is 4.34. The van der Waals surface area contributed by atoms with Gasteiger partial charge in [0.25, 0.3) is 5.91 Å². The second kappa shape index (κ2) is 9.16. The molecule has 4 rings (SSSR count). The molecule has 1 saturated carbocycles. The van der Waals surface area contributed by atoms with Crippen LogP contribution in [-0.2, 0) is 20.9 Å². The predicted octanol–water partition coefficient (Wildman–Crippen LogP) is 2.71. The van der Waals surface area contributed by atoms with E-state index in [4.69, 9.17) is 4.42 Å². The molecule has 2 N–H and O–H groups in total. The molecule has 8 heteroatoms. The molecule has 0 bridgehead atoms. The first kappa shape index (κ1) is 20.8. The van der Waals surface area contributed by atoms with Crippen LogP contribution >= 0.6 is 0 Å². The van der Waals surface area contributed by atoms with Crippen molar-refractivity contribution in [1.82, 2.24) is 10.2 Å². The number of likely N-dealkylation sites (tertiary alicyclic amines) is 1. The summed E-state index contributed by atoms with van der Waals surface area (Å²) in [5.74, 6) is -0.829. The van der Waals surface area contributed by atoms with Crippen molar-refractivity contribution in [3.05, 3.63) is 54.0 Å². The number of nitrogens with zero attached hydrogens (tertiary/aromatic N) is 1. The van der Waals surface area contributed by atoms with E-state index in [1.807, 2.05) is 0 Å². The van der Waals surface area contributed by atoms with Crippen LogP contribution in [0.5, 0.6) is 0 Å². The quantitative estimate of drug-likeness (QED) is 0.666. The van der Waals surface area contributed by atoms with Gasteiger partial charge in [-0.25, -0.2) is 0 Å². The highest BCUT2D eigenvalue weighted by atomic mass is 16.3. The van der Waals surface area contributed by atoms with E-state index < -0.39 is 0 Å². The second-order valence-electron chi connectivity index (χ2n) is 7.93. The van der Waals surface area contributed by atoms with Crippen LogP contribution in [0.1, 0.15) is 48.2 Å². The standard InChI is InChI=1S/C23H25N3O5/c27-20(11-12-26-22(29)16-7-1-2-8-17(16)23(26)30)25-19-10-4-3-9-18(19)21(28)24-14-15-6-5-13-31-15/h3-6,9-10,13,16-17H,1-2,7-8,11-12,14H2,(H,24,28)(H,25,27). The lowest BCUT2D eigenvalue weighted by molar-refractivity contribution is -0.140.